The standard InChI is InChI=1S/C27H36N6O2/c1-4-9-20-10-8-11-21(19-20)28-27(35)30-24-26(34)33(14-5-2)23-13-7-6-12-22(23)25(29-24)32-17-15-31(3)16-18-32/h6-8,10-13,19,24H,4-5,9,14-18H2,1-3H3,(H2,28,30,35)/t24-/m0/s1. The molecule has 35 heavy (non-hydrogen) atoms. The third-order valence-electron chi connectivity index (χ3n) is 6.43. The highest BCUT2D eigenvalue weighted by Gasteiger charge is 2.34. The van der Waals surface area contributed by atoms with E-state index < -0.39 is 12.2 Å². The van der Waals surface area contributed by atoms with Gasteiger partial charge in [0.25, 0.3) is 5.91 Å². The number of benzodiazepines with no additional fused rings is 1. The summed E-state index contributed by atoms with van der Waals surface area (Å²) in [5.41, 5.74) is 3.63. The Hall–Kier alpha value is -3.39. The lowest BCUT2D eigenvalue weighted by molar-refractivity contribution is -0.120. The van der Waals surface area contributed by atoms with Crippen molar-refractivity contribution in [3.8, 4) is 0 Å². The quantitative estimate of drug-likeness (QED) is 0.668. The van der Waals surface area contributed by atoms with Gasteiger partial charge in [-0.15, -0.1) is 0 Å². The molecule has 2 aliphatic heterocycles. The second-order valence-corrected chi connectivity index (χ2v) is 9.20. The first kappa shape index (κ1) is 24.7. The monoisotopic (exact) mass is 476 g/mol. The van der Waals surface area contributed by atoms with Crippen LogP contribution < -0.4 is 15.5 Å². The Kier molecular flexibility index (Phi) is 8.02. The van der Waals surface area contributed by atoms with Crippen molar-refractivity contribution in [2.75, 3.05) is 50.0 Å². The van der Waals surface area contributed by atoms with Gasteiger partial charge in [0.2, 0.25) is 6.17 Å². The van der Waals surface area contributed by atoms with E-state index in [9.17, 15) is 9.59 Å². The Morgan fingerprint density at radius 2 is 1.80 bits per heavy atom. The van der Waals surface area contributed by atoms with E-state index in [0.717, 1.165) is 68.1 Å². The highest BCUT2D eigenvalue weighted by molar-refractivity contribution is 6.12. The van der Waals surface area contributed by atoms with Gasteiger partial charge in [-0.2, -0.15) is 0 Å². The van der Waals surface area contributed by atoms with E-state index in [1.54, 1.807) is 4.90 Å². The van der Waals surface area contributed by atoms with Crippen LogP contribution in [0.3, 0.4) is 0 Å². The maximum atomic E-state index is 13.7. The first-order valence-corrected chi connectivity index (χ1v) is 12.6. The molecule has 8 heteroatoms. The van der Waals surface area contributed by atoms with Gasteiger partial charge in [0.15, 0.2) is 0 Å². The number of hydrogen-bond acceptors (Lipinski definition) is 5. The van der Waals surface area contributed by atoms with E-state index in [4.69, 9.17) is 4.99 Å². The van der Waals surface area contributed by atoms with Crippen LogP contribution in [0, 0.1) is 0 Å². The fourth-order valence-electron chi connectivity index (χ4n) is 4.61. The first-order chi connectivity index (χ1) is 17.0. The van der Waals surface area contributed by atoms with Crippen LogP contribution in [0.15, 0.2) is 53.5 Å². The summed E-state index contributed by atoms with van der Waals surface area (Å²) in [5, 5.41) is 5.73. The third-order valence-corrected chi connectivity index (χ3v) is 6.43. The van der Waals surface area contributed by atoms with E-state index >= 15 is 0 Å². The molecule has 2 heterocycles. The van der Waals surface area contributed by atoms with Crippen LogP contribution in [0.4, 0.5) is 16.2 Å². The molecule has 186 valence electrons. The number of carbonyl (C=O) groups is 2. The first-order valence-electron chi connectivity index (χ1n) is 12.6. The average Bonchev–Trinajstić information content (AvgIpc) is 2.96. The van der Waals surface area contributed by atoms with Gasteiger partial charge in [0.1, 0.15) is 5.84 Å². The summed E-state index contributed by atoms with van der Waals surface area (Å²) < 4.78 is 0. The number of hydrogen-bond donors (Lipinski definition) is 2. The maximum absolute atomic E-state index is 13.7. The normalized spacial score (nSPS) is 18.5. The molecule has 1 saturated heterocycles. The van der Waals surface area contributed by atoms with Gasteiger partial charge in [-0.05, 0) is 49.7 Å². The number of para-hydroxylation sites is 1. The molecule has 1 fully saturated rings. The predicted octanol–water partition coefficient (Wildman–Crippen LogP) is 3.54. The van der Waals surface area contributed by atoms with Crippen LogP contribution in [0.25, 0.3) is 0 Å². The third kappa shape index (κ3) is 5.82. The average molecular weight is 477 g/mol. The van der Waals surface area contributed by atoms with Crippen LogP contribution in [0.1, 0.15) is 37.8 Å². The molecule has 2 aromatic carbocycles. The van der Waals surface area contributed by atoms with E-state index in [-0.39, 0.29) is 5.91 Å². The second-order valence-electron chi connectivity index (χ2n) is 9.20. The molecule has 0 aliphatic carbocycles. The SMILES string of the molecule is CCCc1cccc(NC(=O)N[C@@H]2N=C(N3CCN(C)CC3)c3ccccc3N(CCC)C2=O)c1. The summed E-state index contributed by atoms with van der Waals surface area (Å²) in [5.74, 6) is 0.536. The molecule has 4 rings (SSSR count). The molecule has 0 unspecified atom stereocenters. The van der Waals surface area contributed by atoms with Crippen molar-refractivity contribution in [3.63, 3.8) is 0 Å². The van der Waals surface area contributed by atoms with Gasteiger partial charge in [-0.25, -0.2) is 9.79 Å². The van der Waals surface area contributed by atoms with E-state index in [2.05, 4.69) is 34.4 Å². The molecule has 0 spiro atoms. The van der Waals surface area contributed by atoms with E-state index in [1.165, 1.54) is 0 Å². The molecule has 2 N–H and O–H groups in total. The number of benzene rings is 2. The van der Waals surface area contributed by atoms with Gasteiger partial charge in [0.05, 0.1) is 5.69 Å². The Bertz CT molecular complexity index is 1080. The molecule has 0 radical (unpaired) electrons. The van der Waals surface area contributed by atoms with Gasteiger partial charge >= 0.3 is 6.03 Å². The van der Waals surface area contributed by atoms with Crippen molar-refractivity contribution < 1.29 is 9.59 Å². The van der Waals surface area contributed by atoms with Crippen molar-refractivity contribution in [2.45, 2.75) is 39.3 Å². The number of carbonyl (C=O) groups excluding carboxylic acids is 2. The van der Waals surface area contributed by atoms with Crippen molar-refractivity contribution in [2.24, 2.45) is 4.99 Å². The Balaban J connectivity index is 1.63. The number of aliphatic imine (C=N–C) groups is 1. The fraction of sp³-hybridized carbons (Fsp3) is 0.444. The number of nitrogens with one attached hydrogen (secondary N) is 2. The van der Waals surface area contributed by atoms with Gasteiger partial charge in [-0.3, -0.25) is 4.79 Å². The number of rotatable bonds is 6. The van der Waals surface area contributed by atoms with Crippen LogP contribution in [0.5, 0.6) is 0 Å². The van der Waals surface area contributed by atoms with Crippen LogP contribution in [-0.4, -0.2) is 73.5 Å². The summed E-state index contributed by atoms with van der Waals surface area (Å²) in [4.78, 5) is 37.8. The van der Waals surface area contributed by atoms with Gasteiger partial charge in [-0.1, -0.05) is 44.5 Å². The summed E-state index contributed by atoms with van der Waals surface area (Å²) in [6.07, 6.45) is 1.76. The highest BCUT2D eigenvalue weighted by atomic mass is 16.2. The summed E-state index contributed by atoms with van der Waals surface area (Å²) >= 11 is 0. The molecule has 1 atom stereocenters. The Labute approximate surface area is 208 Å². The maximum Gasteiger partial charge on any atom is 0.321 e. The summed E-state index contributed by atoms with van der Waals surface area (Å²) in [6.45, 7) is 8.19. The minimum absolute atomic E-state index is 0.224. The van der Waals surface area contributed by atoms with Crippen LogP contribution in [0.2, 0.25) is 0 Å². The summed E-state index contributed by atoms with van der Waals surface area (Å²) in [7, 11) is 2.11. The molecule has 2 aliphatic rings. The molecule has 0 bridgehead atoms. The molecule has 0 saturated carbocycles. The Morgan fingerprint density at radius 1 is 1.03 bits per heavy atom. The van der Waals surface area contributed by atoms with E-state index in [1.807, 2.05) is 55.5 Å². The van der Waals surface area contributed by atoms with Crippen molar-refractivity contribution in [3.05, 3.63) is 59.7 Å². The molecule has 2 aromatic rings. The molecule has 0 aromatic heterocycles. The van der Waals surface area contributed by atoms with Crippen molar-refractivity contribution >= 4 is 29.1 Å². The topological polar surface area (TPSA) is 80.3 Å². The number of fused-ring (bicyclic) bond motifs is 1. The van der Waals surface area contributed by atoms with Crippen LogP contribution in [-0.2, 0) is 11.2 Å². The number of anilines is 2. The number of likely N-dealkylation sites (N-methyl/N-ethyl adjacent to an activating group) is 1. The number of nitrogens with zero attached hydrogens (tertiary/aromatic N) is 4. The lowest BCUT2D eigenvalue weighted by Crippen LogP contribution is -2.50. The number of urea groups is 1. The minimum Gasteiger partial charge on any atom is -0.354 e. The smallest absolute Gasteiger partial charge is 0.321 e. The van der Waals surface area contributed by atoms with Gasteiger partial charge in [0, 0.05) is 44.0 Å². The Morgan fingerprint density at radius 3 is 2.54 bits per heavy atom. The zero-order valence-corrected chi connectivity index (χ0v) is 21.0. The highest BCUT2D eigenvalue weighted by Crippen LogP contribution is 2.27. The number of amidine groups is 1. The van der Waals surface area contributed by atoms with Gasteiger partial charge < -0.3 is 25.3 Å². The zero-order chi connectivity index (χ0) is 24.8. The number of amides is 3. The van der Waals surface area contributed by atoms with Crippen LogP contribution >= 0.6 is 0 Å². The second kappa shape index (κ2) is 11.4. The summed E-state index contributed by atoms with van der Waals surface area (Å²) in [6, 6.07) is 15.3. The fourth-order valence-corrected chi connectivity index (χ4v) is 4.61. The predicted molar refractivity (Wildman–Crippen MR) is 141 cm³/mol. The molecular formula is C27H36N6O2. The molecule has 3 amide bonds. The zero-order valence-electron chi connectivity index (χ0n) is 21.0. The van der Waals surface area contributed by atoms with Crippen molar-refractivity contribution in [1.82, 2.24) is 15.1 Å². The largest absolute Gasteiger partial charge is 0.354 e. The molecule has 8 nitrogen and oxygen atoms in total. The minimum atomic E-state index is -1.01. The number of piperazine rings is 1. The van der Waals surface area contributed by atoms with E-state index in [0.29, 0.717) is 12.2 Å². The number of aryl methyl sites for hydroxylation is 1. The molecular weight excluding hydrogens is 440 g/mol. The van der Waals surface area contributed by atoms with Crippen molar-refractivity contribution in [1.29, 1.82) is 0 Å². The lowest BCUT2D eigenvalue weighted by Gasteiger charge is -2.35. The lowest BCUT2D eigenvalue weighted by atomic mass is 10.1.